The lowest BCUT2D eigenvalue weighted by molar-refractivity contribution is 0.254. The highest BCUT2D eigenvalue weighted by atomic mass is 16.2. The molecule has 8 aliphatic rings. The number of carbonyl (C=O) groups excluding carboxylic acids is 4. The molecule has 4 N–H and O–H groups in total. The minimum atomic E-state index is -0.220. The number of pyridine rings is 8. The summed E-state index contributed by atoms with van der Waals surface area (Å²) in [6.07, 6.45) is 27.7. The quantitative estimate of drug-likeness (QED) is 0.110. The van der Waals surface area contributed by atoms with Crippen molar-refractivity contribution in [2.75, 3.05) is 113 Å². The maximum atomic E-state index is 13.2. The molecule has 8 aliphatic heterocycles. The van der Waals surface area contributed by atoms with E-state index >= 15 is 0 Å². The van der Waals surface area contributed by atoms with Crippen LogP contribution in [0.5, 0.6) is 0 Å². The standard InChI is InChI=1S/C21H21N7O.3C20H19N7O/c1-13-5-6-15(10-23-13)19-24-14(2)18-20(26-19)28(17-7-9-27(18)12-17)21(29)25-16-4-3-8-22-11-16;1-13-9-14(4-7-22-13)18-23-11-17-19(25-18)27(16-5-8-26(17)12-16)20(28)24-15-3-2-6-21-10-15;1-13-4-5-14(9-22-13)18-23-11-17-19(25-18)27(16-6-8-26(17)12-16)20(28)24-15-3-2-7-21-10-15;1-13-10-14(5-8-21-13)18-23-11-16-19(25-18)27(15-6-9-26(16)12-15)20(28)24-17-4-2-3-7-22-17/h3-6,8,10-11,17H,7,9,12H2,1-2H3,(H,25,29);2-4,6-7,9-11,16H,5,8,12H2,1H3,(H,24,28);2-5,7,9-11,16H,6,8,12H2,1H3,(H,24,28);2-5,7-8,10-11,15H,6,9,12H2,1H3,(H,22,24,28)/t17-;2*16-;15-/m0000/s1. The number of urea groups is 4. The Kier molecular flexibility index (Phi) is 19.7. The summed E-state index contributed by atoms with van der Waals surface area (Å²) in [5, 5.41) is 11.7. The molecule has 4 atom stereocenters. The van der Waals surface area contributed by atoms with E-state index < -0.39 is 0 Å². The SMILES string of the molecule is Cc1cc(-c2ncc3c(n2)N(C(=O)Nc2ccccn2)[C@H]2CCN3C2)ccn1.Cc1cc(-c2ncc3c(n2)N(C(=O)Nc2cccnc2)[C@H]2CCN3C2)ccn1.Cc1ccc(-c2nc(C)c3c(n2)N(C(=O)Nc2cccnc2)[C@H]2CCN3C2)cn1.Cc1ccc(-c2ncc3c(n2)N(C(=O)Nc2cccnc2)[C@H]2CCN3C2)cn1. The number of hydrogen-bond acceptors (Lipinski definition) is 24. The molecule has 8 amide bonds. The van der Waals surface area contributed by atoms with Crippen molar-refractivity contribution in [1.82, 2.24) is 79.7 Å². The Balaban J connectivity index is 0.000000109. The zero-order chi connectivity index (χ0) is 77.2. The molecule has 113 heavy (non-hydrogen) atoms. The zero-order valence-corrected chi connectivity index (χ0v) is 62.6. The van der Waals surface area contributed by atoms with E-state index in [9.17, 15) is 19.2 Å². The average molecular weight is 1510 g/mol. The van der Waals surface area contributed by atoms with E-state index in [-0.39, 0.29) is 48.3 Å². The molecule has 8 bridgehead atoms. The molecule has 12 aromatic rings. The molecule has 0 saturated carbocycles. The van der Waals surface area contributed by atoms with Gasteiger partial charge in [-0.05, 0) is 157 Å². The highest BCUT2D eigenvalue weighted by Crippen LogP contribution is 2.45. The Labute approximate surface area is 650 Å². The van der Waals surface area contributed by atoms with E-state index in [1.54, 1.807) is 112 Å². The molecular weight excluding hydrogens is 1430 g/mol. The van der Waals surface area contributed by atoms with Crippen LogP contribution >= 0.6 is 0 Å². The molecule has 32 heteroatoms. The molecule has 0 aromatic carbocycles. The van der Waals surface area contributed by atoms with Crippen molar-refractivity contribution in [1.29, 1.82) is 0 Å². The van der Waals surface area contributed by atoms with E-state index in [0.29, 0.717) is 69.4 Å². The summed E-state index contributed by atoms with van der Waals surface area (Å²) in [6, 6.07) is 31.2. The highest BCUT2D eigenvalue weighted by molar-refractivity contribution is 6.07. The van der Waals surface area contributed by atoms with Crippen LogP contribution in [0.2, 0.25) is 0 Å². The summed E-state index contributed by atoms with van der Waals surface area (Å²) in [4.78, 5) is 140. The topological polar surface area (TPSA) is 349 Å². The van der Waals surface area contributed by atoms with Gasteiger partial charge < -0.3 is 35.6 Å². The second-order valence-corrected chi connectivity index (χ2v) is 28.5. The van der Waals surface area contributed by atoms with Gasteiger partial charge in [0.05, 0.1) is 101 Å². The third-order valence-electron chi connectivity index (χ3n) is 20.8. The van der Waals surface area contributed by atoms with Gasteiger partial charge in [0.25, 0.3) is 0 Å². The minimum absolute atomic E-state index is 0.0810. The number of nitrogens with one attached hydrogen (secondary N) is 4. The van der Waals surface area contributed by atoms with Gasteiger partial charge in [0.15, 0.2) is 46.6 Å². The van der Waals surface area contributed by atoms with Crippen LogP contribution in [0.3, 0.4) is 0 Å². The summed E-state index contributed by atoms with van der Waals surface area (Å²) in [5.74, 6) is 5.42. The summed E-state index contributed by atoms with van der Waals surface area (Å²) in [6.45, 7) is 16.5. The lowest BCUT2D eigenvalue weighted by Gasteiger charge is -2.36. The van der Waals surface area contributed by atoms with Crippen LogP contribution in [0.4, 0.5) is 88.1 Å². The number of amides is 8. The normalized spacial score (nSPS) is 17.4. The summed E-state index contributed by atoms with van der Waals surface area (Å²) < 4.78 is 0. The van der Waals surface area contributed by atoms with Crippen LogP contribution in [0.25, 0.3) is 45.6 Å². The Morgan fingerprint density at radius 2 is 0.726 bits per heavy atom. The first-order chi connectivity index (χ1) is 55.2. The lowest BCUT2D eigenvalue weighted by atomic mass is 10.1. The van der Waals surface area contributed by atoms with E-state index in [2.05, 4.69) is 95.7 Å². The van der Waals surface area contributed by atoms with Gasteiger partial charge >= 0.3 is 24.1 Å². The first kappa shape index (κ1) is 71.7. The molecule has 4 saturated heterocycles. The Morgan fingerprint density at radius 3 is 1.12 bits per heavy atom. The van der Waals surface area contributed by atoms with Crippen molar-refractivity contribution in [2.24, 2.45) is 0 Å². The van der Waals surface area contributed by atoms with Crippen molar-refractivity contribution < 1.29 is 19.2 Å². The third-order valence-corrected chi connectivity index (χ3v) is 20.8. The van der Waals surface area contributed by atoms with Gasteiger partial charge in [-0.2, -0.15) is 0 Å². The number of nitrogens with zero attached hydrogens (tertiary/aromatic N) is 24. The maximum absolute atomic E-state index is 13.2. The largest absolute Gasteiger partial charge is 0.365 e. The molecule has 4 fully saturated rings. The van der Waals surface area contributed by atoms with E-state index in [0.717, 1.165) is 152 Å². The zero-order valence-electron chi connectivity index (χ0n) is 62.6. The first-order valence-corrected chi connectivity index (χ1v) is 37.4. The molecule has 32 nitrogen and oxygen atoms in total. The Bertz CT molecular complexity index is 5360. The van der Waals surface area contributed by atoms with Gasteiger partial charge in [-0.25, -0.2) is 64.0 Å². The molecule has 0 unspecified atom stereocenters. The predicted octanol–water partition coefficient (Wildman–Crippen LogP) is 11.8. The van der Waals surface area contributed by atoms with Gasteiger partial charge in [0.1, 0.15) is 11.5 Å². The van der Waals surface area contributed by atoms with E-state index in [4.69, 9.17) is 24.9 Å². The number of aryl methyl sites for hydroxylation is 5. The predicted molar refractivity (Wildman–Crippen MR) is 430 cm³/mol. The fourth-order valence-corrected chi connectivity index (χ4v) is 15.4. The number of hydrogen-bond donors (Lipinski definition) is 4. The Hall–Kier alpha value is -14.2. The van der Waals surface area contributed by atoms with Crippen molar-refractivity contribution in [3.63, 3.8) is 0 Å². The van der Waals surface area contributed by atoms with Crippen LogP contribution in [0.1, 0.15) is 54.2 Å². The number of carbonyl (C=O) groups is 4. The van der Waals surface area contributed by atoms with Gasteiger partial charge in [-0.3, -0.25) is 59.8 Å². The molecular formula is C81H78N28O4. The van der Waals surface area contributed by atoms with E-state index in [1.165, 1.54) is 0 Å². The number of fused-ring (bicyclic) bond motifs is 16. The van der Waals surface area contributed by atoms with Crippen LogP contribution in [-0.4, -0.2) is 180 Å². The van der Waals surface area contributed by atoms with Crippen molar-refractivity contribution in [3.05, 3.63) is 218 Å². The molecule has 20 rings (SSSR count). The summed E-state index contributed by atoms with van der Waals surface area (Å²) in [5.41, 5.74) is 13.5. The fraction of sp³-hybridized carbons (Fsp3) is 0.259. The molecule has 20 heterocycles. The summed E-state index contributed by atoms with van der Waals surface area (Å²) >= 11 is 0. The van der Waals surface area contributed by atoms with Gasteiger partial charge in [0, 0.05) is 147 Å². The van der Waals surface area contributed by atoms with Crippen LogP contribution in [0.15, 0.2) is 190 Å². The van der Waals surface area contributed by atoms with Crippen molar-refractivity contribution in [3.8, 4) is 45.6 Å². The van der Waals surface area contributed by atoms with Gasteiger partial charge in [-0.1, -0.05) is 6.07 Å². The van der Waals surface area contributed by atoms with Crippen LogP contribution < -0.4 is 60.5 Å². The lowest BCUT2D eigenvalue weighted by Crippen LogP contribution is -2.48. The number of aromatic nitrogens is 16. The first-order valence-electron chi connectivity index (χ1n) is 37.4. The highest BCUT2D eigenvalue weighted by Gasteiger charge is 2.45. The van der Waals surface area contributed by atoms with Crippen molar-refractivity contribution >= 4 is 93.0 Å². The smallest absolute Gasteiger partial charge is 0.329 e. The molecule has 0 aliphatic carbocycles. The second-order valence-electron chi connectivity index (χ2n) is 28.5. The summed E-state index contributed by atoms with van der Waals surface area (Å²) in [7, 11) is 0. The van der Waals surface area contributed by atoms with Crippen LogP contribution in [-0.2, 0) is 0 Å². The maximum Gasteiger partial charge on any atom is 0.329 e. The minimum Gasteiger partial charge on any atom is -0.365 e. The molecule has 0 radical (unpaired) electrons. The number of anilines is 12. The average Bonchev–Trinajstić information content (AvgIpc) is 1.68. The van der Waals surface area contributed by atoms with E-state index in [1.807, 2.05) is 132 Å². The third kappa shape index (κ3) is 15.0. The van der Waals surface area contributed by atoms with Crippen LogP contribution in [0, 0.1) is 34.6 Å². The van der Waals surface area contributed by atoms with Gasteiger partial charge in [-0.15, -0.1) is 0 Å². The fourth-order valence-electron chi connectivity index (χ4n) is 15.4. The molecule has 12 aromatic heterocycles. The monoisotopic (exact) mass is 1510 g/mol. The van der Waals surface area contributed by atoms with Gasteiger partial charge in [0.2, 0.25) is 0 Å². The molecule has 566 valence electrons. The Morgan fingerprint density at radius 1 is 0.327 bits per heavy atom. The number of rotatable bonds is 8. The second kappa shape index (κ2) is 31.0. The molecule has 0 spiro atoms. The van der Waals surface area contributed by atoms with Crippen molar-refractivity contribution in [2.45, 2.75) is 84.5 Å².